The average Bonchev–Trinajstić information content (AvgIpc) is 2.04. The third kappa shape index (κ3) is 1.12. The van der Waals surface area contributed by atoms with Crippen molar-refractivity contribution in [1.82, 2.24) is 0 Å². The minimum atomic E-state index is 0.429. The lowest BCUT2D eigenvalue weighted by Crippen LogP contribution is -2.43. The Morgan fingerprint density at radius 1 is 1.21 bits per heavy atom. The SMILES string of the molecule is NC(C1CCC1)C1Cc2ccccc21. The summed E-state index contributed by atoms with van der Waals surface area (Å²) in [6, 6.07) is 9.18. The quantitative estimate of drug-likeness (QED) is 0.756. The van der Waals surface area contributed by atoms with Crippen LogP contribution in [-0.2, 0) is 6.42 Å². The Hall–Kier alpha value is -0.820. The van der Waals surface area contributed by atoms with Crippen LogP contribution in [0.4, 0.5) is 0 Å². The third-order valence-corrected chi connectivity index (χ3v) is 4.05. The Morgan fingerprint density at radius 2 is 2.00 bits per heavy atom. The van der Waals surface area contributed by atoms with E-state index in [1.807, 2.05) is 0 Å². The lowest BCUT2D eigenvalue weighted by molar-refractivity contribution is 0.227. The minimum absolute atomic E-state index is 0.429. The molecule has 2 aliphatic carbocycles. The van der Waals surface area contributed by atoms with E-state index in [4.69, 9.17) is 5.73 Å². The molecule has 2 N–H and O–H groups in total. The highest BCUT2D eigenvalue weighted by Crippen LogP contribution is 2.42. The van der Waals surface area contributed by atoms with Crippen molar-refractivity contribution >= 4 is 0 Å². The maximum absolute atomic E-state index is 6.30. The number of nitrogens with two attached hydrogens (primary N) is 1. The molecular formula is C13H17N. The fourth-order valence-electron chi connectivity index (χ4n) is 2.79. The molecule has 2 atom stereocenters. The molecular weight excluding hydrogens is 170 g/mol. The Labute approximate surface area is 85.3 Å². The maximum atomic E-state index is 6.30. The van der Waals surface area contributed by atoms with Gasteiger partial charge in [-0.2, -0.15) is 0 Å². The van der Waals surface area contributed by atoms with E-state index in [1.165, 1.54) is 36.8 Å². The van der Waals surface area contributed by atoms with Crippen LogP contribution in [0.3, 0.4) is 0 Å². The van der Waals surface area contributed by atoms with E-state index >= 15 is 0 Å². The van der Waals surface area contributed by atoms with Crippen LogP contribution in [0.2, 0.25) is 0 Å². The van der Waals surface area contributed by atoms with Gasteiger partial charge in [0.1, 0.15) is 0 Å². The van der Waals surface area contributed by atoms with Crippen molar-refractivity contribution in [2.24, 2.45) is 11.7 Å². The number of hydrogen-bond acceptors (Lipinski definition) is 1. The fourth-order valence-corrected chi connectivity index (χ4v) is 2.79. The normalized spacial score (nSPS) is 27.4. The van der Waals surface area contributed by atoms with Gasteiger partial charge in [-0.3, -0.25) is 0 Å². The molecule has 0 heterocycles. The first-order chi connectivity index (χ1) is 6.86. The monoisotopic (exact) mass is 187 g/mol. The highest BCUT2D eigenvalue weighted by molar-refractivity contribution is 5.41. The molecule has 74 valence electrons. The molecule has 1 saturated carbocycles. The molecule has 0 saturated heterocycles. The van der Waals surface area contributed by atoms with Crippen molar-refractivity contribution in [2.75, 3.05) is 0 Å². The Morgan fingerprint density at radius 3 is 2.64 bits per heavy atom. The average molecular weight is 187 g/mol. The predicted molar refractivity (Wildman–Crippen MR) is 58.2 cm³/mol. The first-order valence-corrected chi connectivity index (χ1v) is 5.69. The highest BCUT2D eigenvalue weighted by Gasteiger charge is 2.36. The summed E-state index contributed by atoms with van der Waals surface area (Å²) in [4.78, 5) is 0. The summed E-state index contributed by atoms with van der Waals surface area (Å²) in [5, 5.41) is 0. The lowest BCUT2D eigenvalue weighted by Gasteiger charge is -2.41. The van der Waals surface area contributed by atoms with Crippen molar-refractivity contribution < 1.29 is 0 Å². The minimum Gasteiger partial charge on any atom is -0.327 e. The molecule has 1 fully saturated rings. The molecule has 1 aromatic carbocycles. The van der Waals surface area contributed by atoms with Gasteiger partial charge in [0.05, 0.1) is 0 Å². The molecule has 0 bridgehead atoms. The van der Waals surface area contributed by atoms with Crippen molar-refractivity contribution in [3.63, 3.8) is 0 Å². The number of hydrogen-bond donors (Lipinski definition) is 1. The van der Waals surface area contributed by atoms with E-state index in [-0.39, 0.29) is 0 Å². The van der Waals surface area contributed by atoms with E-state index in [0.29, 0.717) is 12.0 Å². The summed E-state index contributed by atoms with van der Waals surface area (Å²) in [6.45, 7) is 0. The van der Waals surface area contributed by atoms with Gasteiger partial charge in [0.2, 0.25) is 0 Å². The highest BCUT2D eigenvalue weighted by atomic mass is 14.7. The molecule has 1 aromatic rings. The van der Waals surface area contributed by atoms with Gasteiger partial charge in [-0.15, -0.1) is 0 Å². The zero-order valence-electron chi connectivity index (χ0n) is 8.45. The van der Waals surface area contributed by atoms with E-state index in [1.54, 1.807) is 0 Å². The zero-order chi connectivity index (χ0) is 9.54. The van der Waals surface area contributed by atoms with Crippen LogP contribution in [0.15, 0.2) is 24.3 Å². The van der Waals surface area contributed by atoms with Gasteiger partial charge in [-0.05, 0) is 36.3 Å². The summed E-state index contributed by atoms with van der Waals surface area (Å²) < 4.78 is 0. The Bertz CT molecular complexity index is 341. The van der Waals surface area contributed by atoms with Gasteiger partial charge < -0.3 is 5.73 Å². The van der Waals surface area contributed by atoms with Crippen LogP contribution in [-0.4, -0.2) is 6.04 Å². The van der Waals surface area contributed by atoms with Crippen LogP contribution >= 0.6 is 0 Å². The topological polar surface area (TPSA) is 26.0 Å². The van der Waals surface area contributed by atoms with Gasteiger partial charge in [-0.25, -0.2) is 0 Å². The van der Waals surface area contributed by atoms with Crippen molar-refractivity contribution in [3.05, 3.63) is 35.4 Å². The second kappa shape index (κ2) is 3.09. The van der Waals surface area contributed by atoms with Crippen molar-refractivity contribution in [3.8, 4) is 0 Å². The van der Waals surface area contributed by atoms with E-state index in [2.05, 4.69) is 24.3 Å². The molecule has 0 aliphatic heterocycles. The standard InChI is InChI=1S/C13H17N/c14-13(9-5-3-6-9)12-8-10-4-1-2-7-11(10)12/h1-2,4,7,9,12-13H,3,5-6,8,14H2. The van der Waals surface area contributed by atoms with Crippen LogP contribution in [0.1, 0.15) is 36.3 Å². The van der Waals surface area contributed by atoms with Crippen LogP contribution in [0.5, 0.6) is 0 Å². The molecule has 0 radical (unpaired) electrons. The zero-order valence-corrected chi connectivity index (χ0v) is 8.45. The molecule has 3 rings (SSSR count). The molecule has 1 heteroatoms. The Balaban J connectivity index is 1.77. The summed E-state index contributed by atoms with van der Waals surface area (Å²) in [6.07, 6.45) is 5.33. The largest absolute Gasteiger partial charge is 0.327 e. The van der Waals surface area contributed by atoms with Crippen molar-refractivity contribution in [2.45, 2.75) is 37.6 Å². The smallest absolute Gasteiger partial charge is 0.0140 e. The van der Waals surface area contributed by atoms with Gasteiger partial charge in [0.15, 0.2) is 0 Å². The molecule has 0 spiro atoms. The summed E-state index contributed by atoms with van der Waals surface area (Å²) in [7, 11) is 0. The summed E-state index contributed by atoms with van der Waals surface area (Å²) in [5.74, 6) is 1.48. The summed E-state index contributed by atoms with van der Waals surface area (Å²) >= 11 is 0. The van der Waals surface area contributed by atoms with Crippen LogP contribution < -0.4 is 5.73 Å². The second-order valence-corrected chi connectivity index (χ2v) is 4.78. The van der Waals surface area contributed by atoms with Gasteiger partial charge in [0, 0.05) is 12.0 Å². The molecule has 14 heavy (non-hydrogen) atoms. The maximum Gasteiger partial charge on any atom is 0.0140 e. The first-order valence-electron chi connectivity index (χ1n) is 5.69. The van der Waals surface area contributed by atoms with E-state index in [9.17, 15) is 0 Å². The van der Waals surface area contributed by atoms with E-state index in [0.717, 1.165) is 5.92 Å². The van der Waals surface area contributed by atoms with Gasteiger partial charge >= 0.3 is 0 Å². The van der Waals surface area contributed by atoms with Crippen LogP contribution in [0, 0.1) is 5.92 Å². The lowest BCUT2D eigenvalue weighted by atomic mass is 9.66. The van der Waals surface area contributed by atoms with E-state index < -0.39 is 0 Å². The molecule has 1 nitrogen and oxygen atoms in total. The molecule has 2 aliphatic rings. The van der Waals surface area contributed by atoms with Gasteiger partial charge in [0.25, 0.3) is 0 Å². The Kier molecular flexibility index (Phi) is 1.88. The van der Waals surface area contributed by atoms with Gasteiger partial charge in [-0.1, -0.05) is 30.7 Å². The van der Waals surface area contributed by atoms with Crippen LogP contribution in [0.25, 0.3) is 0 Å². The third-order valence-electron chi connectivity index (χ3n) is 4.05. The van der Waals surface area contributed by atoms with Crippen molar-refractivity contribution in [1.29, 1.82) is 0 Å². The number of benzene rings is 1. The number of fused-ring (bicyclic) bond motifs is 1. The molecule has 0 amide bonds. The second-order valence-electron chi connectivity index (χ2n) is 4.78. The summed E-state index contributed by atoms with van der Waals surface area (Å²) in [5.41, 5.74) is 9.34. The molecule has 0 aromatic heterocycles. The molecule has 2 unspecified atom stereocenters. The first kappa shape index (κ1) is 8.49. The fraction of sp³-hybridized carbons (Fsp3) is 0.538. The number of rotatable bonds is 2. The predicted octanol–water partition coefficient (Wildman–Crippen LogP) is 2.45.